The summed E-state index contributed by atoms with van der Waals surface area (Å²) in [5, 5.41) is 5.61. The van der Waals surface area contributed by atoms with Gasteiger partial charge >= 0.3 is 0 Å². The van der Waals surface area contributed by atoms with Gasteiger partial charge in [-0.2, -0.15) is 0 Å². The molecule has 3 heterocycles. The van der Waals surface area contributed by atoms with Crippen LogP contribution < -0.4 is 9.80 Å². The first-order chi connectivity index (χ1) is 35.4. The van der Waals surface area contributed by atoms with Crippen LogP contribution in [-0.4, -0.2) is 0 Å². The summed E-state index contributed by atoms with van der Waals surface area (Å²) in [6, 6.07) is 64.4. The number of rotatable bonds is 6. The molecule has 1 saturated carbocycles. The zero-order valence-corrected chi connectivity index (χ0v) is 42.5. The maximum atomic E-state index is 7.10. The Morgan fingerprint density at radius 3 is 1.44 bits per heavy atom. The normalized spacial score (nSPS) is 15.4. The SMILES string of the molecule is CC(C)(C)c1ccc(N(C2=CC3=C(Cc4oc5ccccc5c42)c2ccc(N(c4ccc(C(C)(C)C)cc4)c4ccc5c(c4)oc4ccccc45)cc2C32CCCC2)c2ccc3c(c2)oc2ccccc23)cc1. The van der Waals surface area contributed by atoms with E-state index < -0.39 is 0 Å². The molecule has 3 aromatic heterocycles. The van der Waals surface area contributed by atoms with Gasteiger partial charge in [-0.25, -0.2) is 0 Å². The lowest BCUT2D eigenvalue weighted by atomic mass is 9.75. The van der Waals surface area contributed by atoms with Crippen LogP contribution in [0.25, 0.3) is 66.1 Å². The summed E-state index contributed by atoms with van der Waals surface area (Å²) in [4.78, 5) is 4.91. The first kappa shape index (κ1) is 43.7. The highest BCUT2D eigenvalue weighted by molar-refractivity contribution is 6.09. The fourth-order valence-electron chi connectivity index (χ4n) is 12.7. The number of allylic oxidation sites excluding steroid dienone is 3. The number of benzene rings is 8. The minimum absolute atomic E-state index is 0.000734. The highest BCUT2D eigenvalue weighted by atomic mass is 16.3. The Kier molecular flexibility index (Phi) is 9.58. The second-order valence-electron chi connectivity index (χ2n) is 22.8. The van der Waals surface area contributed by atoms with Crippen molar-refractivity contribution >= 4 is 94.6 Å². The molecule has 1 spiro atoms. The van der Waals surface area contributed by atoms with Crippen LogP contribution in [-0.2, 0) is 22.7 Å². The molecular weight excluding hydrogens is 893 g/mol. The maximum absolute atomic E-state index is 7.10. The summed E-state index contributed by atoms with van der Waals surface area (Å²) in [5.74, 6) is 0.989. The molecule has 8 aromatic carbocycles. The third kappa shape index (κ3) is 6.88. The molecule has 73 heavy (non-hydrogen) atoms. The molecule has 0 saturated heterocycles. The molecule has 5 nitrogen and oxygen atoms in total. The predicted octanol–water partition coefficient (Wildman–Crippen LogP) is 19.3. The standard InChI is InChI=1S/C68H58N2O3/c1-66(2,3)42-21-25-44(26-22-42)69(47-30-33-52-50-15-7-10-18-59(50)71-62(52)38-47)46-29-32-49-55-40-64-65(54-17-9-12-20-61(54)73-64)58(41-57(55)68(56(49)37-46)35-13-14-36-68)70(45-27-23-43(24-28-45)67(4,5)6)48-31-34-53-51-16-8-11-19-60(51)72-63(53)39-48/h7-12,15-34,37-39,41H,13-14,35-36,40H2,1-6H3. The minimum atomic E-state index is -0.194. The van der Waals surface area contributed by atoms with Crippen LogP contribution in [0.3, 0.4) is 0 Å². The van der Waals surface area contributed by atoms with Gasteiger partial charge in [0.25, 0.3) is 0 Å². The van der Waals surface area contributed by atoms with Crippen LogP contribution in [0, 0.1) is 0 Å². The fourth-order valence-corrected chi connectivity index (χ4v) is 12.7. The zero-order valence-electron chi connectivity index (χ0n) is 42.5. The van der Waals surface area contributed by atoms with Gasteiger partial charge in [-0.3, -0.25) is 0 Å². The van der Waals surface area contributed by atoms with Crippen LogP contribution in [0.5, 0.6) is 0 Å². The summed E-state index contributed by atoms with van der Waals surface area (Å²) in [6.45, 7) is 13.7. The van der Waals surface area contributed by atoms with E-state index in [1.165, 1.54) is 33.4 Å². The van der Waals surface area contributed by atoms with Crippen molar-refractivity contribution in [2.75, 3.05) is 9.80 Å². The van der Waals surface area contributed by atoms with Crippen molar-refractivity contribution in [3.63, 3.8) is 0 Å². The Labute approximate surface area is 426 Å². The zero-order chi connectivity index (χ0) is 49.4. The van der Waals surface area contributed by atoms with E-state index >= 15 is 0 Å². The molecule has 0 unspecified atom stereocenters. The van der Waals surface area contributed by atoms with Gasteiger partial charge in [-0.15, -0.1) is 0 Å². The Bertz CT molecular complexity index is 4080. The molecule has 3 aliphatic carbocycles. The molecule has 0 aliphatic heterocycles. The number of nitrogens with zero attached hydrogens (tertiary/aromatic N) is 2. The van der Waals surface area contributed by atoms with E-state index in [0.717, 1.165) is 126 Å². The first-order valence-electron chi connectivity index (χ1n) is 26.1. The largest absolute Gasteiger partial charge is 0.460 e. The van der Waals surface area contributed by atoms with Gasteiger partial charge in [0.2, 0.25) is 0 Å². The van der Waals surface area contributed by atoms with Gasteiger partial charge in [0.1, 0.15) is 33.7 Å². The van der Waals surface area contributed by atoms with Gasteiger partial charge in [0.05, 0.1) is 5.70 Å². The van der Waals surface area contributed by atoms with Crippen LogP contribution in [0.2, 0.25) is 0 Å². The summed E-state index contributed by atoms with van der Waals surface area (Å²) >= 11 is 0. The van der Waals surface area contributed by atoms with Crippen molar-refractivity contribution in [2.45, 2.75) is 89.9 Å². The minimum Gasteiger partial charge on any atom is -0.460 e. The third-order valence-corrected chi connectivity index (χ3v) is 16.4. The lowest BCUT2D eigenvalue weighted by molar-refractivity contribution is 0.544. The van der Waals surface area contributed by atoms with E-state index in [2.05, 4.69) is 221 Å². The van der Waals surface area contributed by atoms with Crippen LogP contribution in [0.1, 0.15) is 101 Å². The van der Waals surface area contributed by atoms with Crippen molar-refractivity contribution in [1.82, 2.24) is 0 Å². The van der Waals surface area contributed by atoms with Gasteiger partial charge in [-0.05, 0) is 142 Å². The van der Waals surface area contributed by atoms with Crippen molar-refractivity contribution in [3.05, 3.63) is 221 Å². The van der Waals surface area contributed by atoms with Crippen molar-refractivity contribution in [3.8, 4) is 0 Å². The summed E-state index contributed by atoms with van der Waals surface area (Å²) < 4.78 is 20.3. The number of anilines is 5. The molecule has 0 bridgehead atoms. The van der Waals surface area contributed by atoms with Gasteiger partial charge in [0, 0.05) is 84.9 Å². The topological polar surface area (TPSA) is 45.9 Å². The molecule has 358 valence electrons. The van der Waals surface area contributed by atoms with Crippen LogP contribution in [0.4, 0.5) is 28.4 Å². The quantitative estimate of drug-likeness (QED) is 0.166. The van der Waals surface area contributed by atoms with E-state index in [-0.39, 0.29) is 16.2 Å². The first-order valence-corrected chi connectivity index (χ1v) is 26.1. The third-order valence-electron chi connectivity index (χ3n) is 16.4. The van der Waals surface area contributed by atoms with E-state index in [1.807, 2.05) is 12.1 Å². The predicted molar refractivity (Wildman–Crippen MR) is 303 cm³/mol. The average molecular weight is 951 g/mol. The number of para-hydroxylation sites is 3. The molecule has 0 amide bonds. The average Bonchev–Trinajstić information content (AvgIpc) is 4.21. The maximum Gasteiger partial charge on any atom is 0.137 e. The van der Waals surface area contributed by atoms with Crippen molar-refractivity contribution in [1.29, 1.82) is 0 Å². The fraction of sp³-hybridized carbons (Fsp3) is 0.206. The second kappa shape index (κ2) is 16.0. The Morgan fingerprint density at radius 1 is 0.425 bits per heavy atom. The molecule has 0 radical (unpaired) electrons. The lowest BCUT2D eigenvalue weighted by Gasteiger charge is -2.33. The Morgan fingerprint density at radius 2 is 0.877 bits per heavy atom. The summed E-state index contributed by atoms with van der Waals surface area (Å²) in [7, 11) is 0. The second-order valence-corrected chi connectivity index (χ2v) is 22.8. The molecule has 1 fully saturated rings. The molecule has 11 aromatic rings. The lowest BCUT2D eigenvalue weighted by Crippen LogP contribution is -2.24. The Hall–Kier alpha value is -8.02. The Balaban J connectivity index is 0.977. The number of fused-ring (bicyclic) bond motifs is 13. The van der Waals surface area contributed by atoms with Crippen molar-refractivity contribution < 1.29 is 13.3 Å². The molecule has 3 aliphatic rings. The highest BCUT2D eigenvalue weighted by Crippen LogP contribution is 2.60. The molecule has 0 atom stereocenters. The van der Waals surface area contributed by atoms with Gasteiger partial charge < -0.3 is 23.1 Å². The van der Waals surface area contributed by atoms with Crippen LogP contribution in [0.15, 0.2) is 201 Å². The number of furan rings is 3. The smallest absolute Gasteiger partial charge is 0.137 e. The van der Waals surface area contributed by atoms with Gasteiger partial charge in [-0.1, -0.05) is 139 Å². The molecule has 14 rings (SSSR count). The van der Waals surface area contributed by atoms with E-state index in [1.54, 1.807) is 0 Å². The summed E-state index contributed by atoms with van der Waals surface area (Å²) in [5.41, 5.74) is 20.1. The van der Waals surface area contributed by atoms with Gasteiger partial charge in [0.15, 0.2) is 0 Å². The molecule has 5 heteroatoms. The van der Waals surface area contributed by atoms with E-state index in [4.69, 9.17) is 13.3 Å². The molecule has 0 N–H and O–H groups in total. The number of hydrogen-bond acceptors (Lipinski definition) is 5. The van der Waals surface area contributed by atoms with Crippen LogP contribution >= 0.6 is 0 Å². The van der Waals surface area contributed by atoms with Crippen molar-refractivity contribution in [2.24, 2.45) is 0 Å². The highest BCUT2D eigenvalue weighted by Gasteiger charge is 2.48. The number of hydrogen-bond donors (Lipinski definition) is 0. The van der Waals surface area contributed by atoms with E-state index in [0.29, 0.717) is 6.42 Å². The molecular formula is C68H58N2O3. The van der Waals surface area contributed by atoms with E-state index in [9.17, 15) is 0 Å². The monoisotopic (exact) mass is 950 g/mol. The summed E-state index contributed by atoms with van der Waals surface area (Å²) in [6.07, 6.45) is 7.74.